The first-order chi connectivity index (χ1) is 7.33. The van der Waals surface area contributed by atoms with Crippen LogP contribution < -0.4 is 4.74 Å². The van der Waals surface area contributed by atoms with Crippen LogP contribution in [-0.2, 0) is 0 Å². The molecule has 2 aromatic rings. The molecule has 0 saturated carbocycles. The van der Waals surface area contributed by atoms with Crippen LogP contribution in [0.4, 0.5) is 0 Å². The molecule has 0 fully saturated rings. The molecule has 0 aliphatic rings. The SMILES string of the molecule is CC#Cc1ccc2cc(OC)ccc2c1. The minimum atomic E-state index is 0.886. The van der Waals surface area contributed by atoms with E-state index >= 15 is 0 Å². The zero-order chi connectivity index (χ0) is 10.7. The highest BCUT2D eigenvalue weighted by Crippen LogP contribution is 2.21. The maximum atomic E-state index is 5.17. The van der Waals surface area contributed by atoms with Crippen LogP contribution in [-0.4, -0.2) is 7.11 Å². The first kappa shape index (κ1) is 9.61. The van der Waals surface area contributed by atoms with Crippen molar-refractivity contribution in [1.82, 2.24) is 0 Å². The molecule has 2 rings (SSSR count). The summed E-state index contributed by atoms with van der Waals surface area (Å²) in [6.45, 7) is 1.85. The van der Waals surface area contributed by atoms with Gasteiger partial charge in [0.15, 0.2) is 0 Å². The zero-order valence-electron chi connectivity index (χ0n) is 8.87. The standard InChI is InChI=1S/C14H12O/c1-3-4-11-5-6-13-10-14(15-2)8-7-12(13)9-11/h5-10H,1-2H3. The molecule has 0 aliphatic heterocycles. The van der Waals surface area contributed by atoms with Gasteiger partial charge >= 0.3 is 0 Å². The van der Waals surface area contributed by atoms with Crippen molar-refractivity contribution in [3.05, 3.63) is 42.0 Å². The molecule has 15 heavy (non-hydrogen) atoms. The third kappa shape index (κ3) is 1.94. The van der Waals surface area contributed by atoms with Crippen LogP contribution in [0.1, 0.15) is 12.5 Å². The van der Waals surface area contributed by atoms with Crippen LogP contribution in [0.5, 0.6) is 5.75 Å². The summed E-state index contributed by atoms with van der Waals surface area (Å²) in [4.78, 5) is 0. The smallest absolute Gasteiger partial charge is 0.119 e. The Morgan fingerprint density at radius 2 is 1.73 bits per heavy atom. The van der Waals surface area contributed by atoms with Gasteiger partial charge in [-0.25, -0.2) is 0 Å². The fraction of sp³-hybridized carbons (Fsp3) is 0.143. The summed E-state index contributed by atoms with van der Waals surface area (Å²) >= 11 is 0. The van der Waals surface area contributed by atoms with Gasteiger partial charge in [-0.2, -0.15) is 0 Å². The summed E-state index contributed by atoms with van der Waals surface area (Å²) in [6.07, 6.45) is 0. The second-order valence-electron chi connectivity index (χ2n) is 3.30. The summed E-state index contributed by atoms with van der Waals surface area (Å²) in [5.41, 5.74) is 1.05. The molecule has 0 heterocycles. The molecule has 2 aromatic carbocycles. The van der Waals surface area contributed by atoms with Crippen LogP contribution in [0.15, 0.2) is 36.4 Å². The van der Waals surface area contributed by atoms with E-state index in [4.69, 9.17) is 4.74 Å². The Kier molecular flexibility index (Phi) is 2.60. The molecular weight excluding hydrogens is 184 g/mol. The Morgan fingerprint density at radius 3 is 2.47 bits per heavy atom. The number of hydrogen-bond acceptors (Lipinski definition) is 1. The maximum absolute atomic E-state index is 5.17. The van der Waals surface area contributed by atoms with Gasteiger partial charge in [0.2, 0.25) is 0 Å². The Morgan fingerprint density at radius 1 is 1.00 bits per heavy atom. The van der Waals surface area contributed by atoms with E-state index in [1.165, 1.54) is 10.8 Å². The van der Waals surface area contributed by atoms with E-state index in [0.717, 1.165) is 11.3 Å². The topological polar surface area (TPSA) is 9.23 Å². The third-order valence-corrected chi connectivity index (χ3v) is 2.32. The molecule has 0 radical (unpaired) electrons. The highest BCUT2D eigenvalue weighted by Gasteiger charge is 1.96. The molecule has 0 saturated heterocycles. The molecule has 0 aliphatic carbocycles. The summed E-state index contributed by atoms with van der Waals surface area (Å²) in [5, 5.41) is 2.37. The third-order valence-electron chi connectivity index (χ3n) is 2.32. The van der Waals surface area contributed by atoms with Gasteiger partial charge in [-0.1, -0.05) is 18.1 Å². The number of hydrogen-bond donors (Lipinski definition) is 0. The molecule has 0 unspecified atom stereocenters. The largest absolute Gasteiger partial charge is 0.497 e. The van der Waals surface area contributed by atoms with Crippen LogP contribution in [0.3, 0.4) is 0 Å². The van der Waals surface area contributed by atoms with E-state index in [1.807, 2.05) is 25.1 Å². The molecule has 1 nitrogen and oxygen atoms in total. The number of fused-ring (bicyclic) bond motifs is 1. The first-order valence-electron chi connectivity index (χ1n) is 4.84. The van der Waals surface area contributed by atoms with Gasteiger partial charge in [0.25, 0.3) is 0 Å². The van der Waals surface area contributed by atoms with E-state index < -0.39 is 0 Å². The van der Waals surface area contributed by atoms with Crippen molar-refractivity contribution in [3.63, 3.8) is 0 Å². The zero-order valence-corrected chi connectivity index (χ0v) is 8.87. The summed E-state index contributed by atoms with van der Waals surface area (Å²) in [5.74, 6) is 6.83. The summed E-state index contributed by atoms with van der Waals surface area (Å²) in [6, 6.07) is 12.2. The number of benzene rings is 2. The maximum Gasteiger partial charge on any atom is 0.119 e. The minimum Gasteiger partial charge on any atom is -0.497 e. The van der Waals surface area contributed by atoms with E-state index in [1.54, 1.807) is 7.11 Å². The average molecular weight is 196 g/mol. The quantitative estimate of drug-likeness (QED) is 0.636. The molecule has 0 spiro atoms. The predicted molar refractivity (Wildman–Crippen MR) is 63.1 cm³/mol. The normalized spacial score (nSPS) is 9.47. The highest BCUT2D eigenvalue weighted by atomic mass is 16.5. The van der Waals surface area contributed by atoms with E-state index in [-0.39, 0.29) is 0 Å². The molecule has 0 N–H and O–H groups in total. The first-order valence-corrected chi connectivity index (χ1v) is 4.84. The molecular formula is C14H12O. The summed E-state index contributed by atoms with van der Waals surface area (Å²) < 4.78 is 5.17. The van der Waals surface area contributed by atoms with Gasteiger partial charge in [0.1, 0.15) is 5.75 Å². The van der Waals surface area contributed by atoms with Gasteiger partial charge in [-0.15, -0.1) is 5.92 Å². The fourth-order valence-corrected chi connectivity index (χ4v) is 1.57. The van der Waals surface area contributed by atoms with E-state index in [0.29, 0.717) is 0 Å². The lowest BCUT2D eigenvalue weighted by atomic mass is 10.1. The Balaban J connectivity index is 2.57. The Hall–Kier alpha value is -1.94. The van der Waals surface area contributed by atoms with Crippen molar-refractivity contribution in [1.29, 1.82) is 0 Å². The molecule has 1 heteroatoms. The van der Waals surface area contributed by atoms with Gasteiger partial charge in [-0.05, 0) is 42.0 Å². The van der Waals surface area contributed by atoms with Crippen molar-refractivity contribution in [3.8, 4) is 17.6 Å². The van der Waals surface area contributed by atoms with Gasteiger partial charge in [0.05, 0.1) is 7.11 Å². The van der Waals surface area contributed by atoms with Crippen LogP contribution in [0.2, 0.25) is 0 Å². The lowest BCUT2D eigenvalue weighted by Gasteiger charge is -2.02. The van der Waals surface area contributed by atoms with Crippen LogP contribution in [0.25, 0.3) is 10.8 Å². The number of rotatable bonds is 1. The van der Waals surface area contributed by atoms with E-state index in [9.17, 15) is 0 Å². The molecule has 0 bridgehead atoms. The molecule has 0 amide bonds. The van der Waals surface area contributed by atoms with Crippen molar-refractivity contribution in [2.45, 2.75) is 6.92 Å². The molecule has 0 aromatic heterocycles. The fourth-order valence-electron chi connectivity index (χ4n) is 1.57. The second-order valence-corrected chi connectivity index (χ2v) is 3.30. The van der Waals surface area contributed by atoms with Gasteiger partial charge < -0.3 is 4.74 Å². The monoisotopic (exact) mass is 196 g/mol. The predicted octanol–water partition coefficient (Wildman–Crippen LogP) is 3.22. The van der Waals surface area contributed by atoms with Gasteiger partial charge in [0, 0.05) is 5.56 Å². The van der Waals surface area contributed by atoms with Gasteiger partial charge in [-0.3, -0.25) is 0 Å². The van der Waals surface area contributed by atoms with Crippen molar-refractivity contribution in [2.24, 2.45) is 0 Å². The summed E-state index contributed by atoms with van der Waals surface area (Å²) in [7, 11) is 1.68. The number of ether oxygens (including phenoxy) is 1. The minimum absolute atomic E-state index is 0.886. The lowest BCUT2D eigenvalue weighted by molar-refractivity contribution is 0.415. The highest BCUT2D eigenvalue weighted by molar-refractivity contribution is 5.85. The number of methoxy groups -OCH3 is 1. The Bertz CT molecular complexity index is 544. The van der Waals surface area contributed by atoms with Crippen molar-refractivity contribution >= 4 is 10.8 Å². The lowest BCUT2D eigenvalue weighted by Crippen LogP contribution is -1.82. The van der Waals surface area contributed by atoms with Crippen LogP contribution >= 0.6 is 0 Å². The molecule has 74 valence electrons. The van der Waals surface area contributed by atoms with Crippen LogP contribution in [0, 0.1) is 11.8 Å². The van der Waals surface area contributed by atoms with Crippen molar-refractivity contribution in [2.75, 3.05) is 7.11 Å². The second kappa shape index (κ2) is 4.06. The van der Waals surface area contributed by atoms with E-state index in [2.05, 4.69) is 30.0 Å². The van der Waals surface area contributed by atoms with Crippen molar-refractivity contribution < 1.29 is 4.74 Å². The Labute approximate surface area is 89.7 Å². The molecule has 0 atom stereocenters. The average Bonchev–Trinajstić information content (AvgIpc) is 2.29.